The van der Waals surface area contributed by atoms with Crippen molar-refractivity contribution in [3.8, 4) is 0 Å². The minimum atomic E-state index is -3.34. The number of thiophene rings is 1. The van der Waals surface area contributed by atoms with E-state index in [1.165, 1.54) is 37.0 Å². The molecule has 0 spiro atoms. The average Bonchev–Trinajstić information content (AvgIpc) is 3.17. The number of guanidine groups is 1. The van der Waals surface area contributed by atoms with Crippen LogP contribution in [0.3, 0.4) is 0 Å². The fraction of sp³-hybridized carbons (Fsp3) is 0.737. The van der Waals surface area contributed by atoms with Gasteiger partial charge >= 0.3 is 0 Å². The number of hydrogen-bond donors (Lipinski definition) is 2. The number of nitrogens with zero attached hydrogens (tertiary/aromatic N) is 2. The third kappa shape index (κ3) is 6.30. The van der Waals surface area contributed by atoms with E-state index in [2.05, 4.69) is 22.5 Å². The highest BCUT2D eigenvalue weighted by Crippen LogP contribution is 2.27. The summed E-state index contributed by atoms with van der Waals surface area (Å²) in [6.07, 6.45) is 7.92. The van der Waals surface area contributed by atoms with Crippen LogP contribution in [-0.2, 0) is 16.6 Å². The zero-order valence-corrected chi connectivity index (χ0v) is 20.8. The lowest BCUT2D eigenvalue weighted by molar-refractivity contribution is 0.329. The predicted molar refractivity (Wildman–Crippen MR) is 127 cm³/mol. The van der Waals surface area contributed by atoms with Gasteiger partial charge in [0, 0.05) is 31.1 Å². The van der Waals surface area contributed by atoms with Crippen LogP contribution in [0, 0.1) is 5.92 Å². The highest BCUT2D eigenvalue weighted by molar-refractivity contribution is 14.0. The van der Waals surface area contributed by atoms with Crippen LogP contribution >= 0.6 is 35.3 Å². The van der Waals surface area contributed by atoms with Crippen molar-refractivity contribution in [3.63, 3.8) is 0 Å². The minimum absolute atomic E-state index is 0. The highest BCUT2D eigenvalue weighted by atomic mass is 127. The topological polar surface area (TPSA) is 73.8 Å². The highest BCUT2D eigenvalue weighted by Gasteiger charge is 2.27. The summed E-state index contributed by atoms with van der Waals surface area (Å²) in [5.41, 5.74) is 0. The van der Waals surface area contributed by atoms with Gasteiger partial charge in [-0.25, -0.2) is 8.42 Å². The Labute approximate surface area is 190 Å². The molecule has 0 bridgehead atoms. The number of piperidine rings is 1. The first-order valence-electron chi connectivity index (χ1n) is 10.0. The molecule has 1 saturated carbocycles. The van der Waals surface area contributed by atoms with Gasteiger partial charge in [-0.2, -0.15) is 4.31 Å². The van der Waals surface area contributed by atoms with Crippen molar-refractivity contribution in [1.29, 1.82) is 0 Å². The molecule has 2 N–H and O–H groups in total. The lowest BCUT2D eigenvalue weighted by atomic mass is 9.87. The summed E-state index contributed by atoms with van der Waals surface area (Å²) in [6.45, 7) is 4.19. The molecule has 2 fully saturated rings. The molecule has 28 heavy (non-hydrogen) atoms. The zero-order chi connectivity index (χ0) is 19.3. The summed E-state index contributed by atoms with van der Waals surface area (Å²) >= 11 is 1.36. The maximum Gasteiger partial charge on any atom is 0.252 e. The number of hydrogen-bond acceptors (Lipinski definition) is 4. The van der Waals surface area contributed by atoms with E-state index in [4.69, 9.17) is 0 Å². The van der Waals surface area contributed by atoms with Crippen LogP contribution in [0.25, 0.3) is 0 Å². The Bertz CT molecular complexity index is 737. The maximum atomic E-state index is 12.8. The maximum absolute atomic E-state index is 12.8. The molecule has 6 nitrogen and oxygen atoms in total. The van der Waals surface area contributed by atoms with E-state index in [0.29, 0.717) is 29.9 Å². The van der Waals surface area contributed by atoms with Crippen molar-refractivity contribution in [2.45, 2.75) is 68.7 Å². The molecule has 0 aromatic carbocycles. The zero-order valence-electron chi connectivity index (χ0n) is 16.8. The summed E-state index contributed by atoms with van der Waals surface area (Å²) in [6, 6.07) is 4.12. The van der Waals surface area contributed by atoms with Crippen molar-refractivity contribution in [2.75, 3.05) is 20.1 Å². The molecule has 1 saturated heterocycles. The molecule has 9 heteroatoms. The standard InChI is InChI=1S/C19H32N4O2S2.HI/c1-15-6-8-16(9-7-15)22-19(20-2)21-14-17-10-11-18(26-17)27(24,25)23-12-4-3-5-13-23;/h10-11,15-16H,3-9,12-14H2,1-2H3,(H2,20,21,22);1H. The molecule has 2 aliphatic rings. The molecule has 1 aromatic heterocycles. The molecule has 1 aromatic rings. The second-order valence-electron chi connectivity index (χ2n) is 7.71. The number of halogens is 1. The van der Waals surface area contributed by atoms with Crippen LogP contribution in [-0.4, -0.2) is 44.9 Å². The van der Waals surface area contributed by atoms with Crippen molar-refractivity contribution in [3.05, 3.63) is 17.0 Å². The van der Waals surface area contributed by atoms with E-state index in [9.17, 15) is 8.42 Å². The summed E-state index contributed by atoms with van der Waals surface area (Å²) in [5, 5.41) is 6.83. The van der Waals surface area contributed by atoms with Crippen molar-refractivity contribution in [1.82, 2.24) is 14.9 Å². The number of sulfonamides is 1. The third-order valence-electron chi connectivity index (χ3n) is 5.56. The first-order chi connectivity index (χ1) is 13.0. The Morgan fingerprint density at radius 2 is 1.86 bits per heavy atom. The van der Waals surface area contributed by atoms with Gasteiger partial charge in [0.2, 0.25) is 0 Å². The number of aliphatic imine (C=N–C) groups is 1. The van der Waals surface area contributed by atoms with E-state index in [1.54, 1.807) is 17.4 Å². The van der Waals surface area contributed by atoms with E-state index in [0.717, 1.165) is 36.0 Å². The molecule has 0 radical (unpaired) electrons. The first-order valence-corrected chi connectivity index (χ1v) is 12.3. The number of rotatable bonds is 5. The van der Waals surface area contributed by atoms with Crippen LogP contribution in [0.1, 0.15) is 56.7 Å². The monoisotopic (exact) mass is 540 g/mol. The van der Waals surface area contributed by atoms with Crippen molar-refractivity contribution in [2.24, 2.45) is 10.9 Å². The lowest BCUT2D eigenvalue weighted by Gasteiger charge is -2.28. The quantitative estimate of drug-likeness (QED) is 0.339. The van der Waals surface area contributed by atoms with Gasteiger partial charge in [-0.05, 0) is 56.6 Å². The smallest absolute Gasteiger partial charge is 0.252 e. The fourth-order valence-electron chi connectivity index (χ4n) is 3.79. The Balaban J connectivity index is 0.00000280. The molecule has 0 atom stereocenters. The summed E-state index contributed by atoms with van der Waals surface area (Å²) in [5.74, 6) is 1.62. The van der Waals surface area contributed by atoms with Gasteiger partial charge in [-0.3, -0.25) is 4.99 Å². The van der Waals surface area contributed by atoms with Crippen LogP contribution in [0.2, 0.25) is 0 Å². The fourth-order valence-corrected chi connectivity index (χ4v) is 6.75. The summed E-state index contributed by atoms with van der Waals surface area (Å²) in [4.78, 5) is 5.32. The second kappa shape index (κ2) is 11.1. The molecule has 1 aliphatic carbocycles. The van der Waals surface area contributed by atoms with Crippen LogP contribution in [0.5, 0.6) is 0 Å². The largest absolute Gasteiger partial charge is 0.354 e. The second-order valence-corrected chi connectivity index (χ2v) is 11.0. The molecule has 2 heterocycles. The molecule has 3 rings (SSSR count). The van der Waals surface area contributed by atoms with E-state index in [1.807, 2.05) is 6.07 Å². The predicted octanol–water partition coefficient (Wildman–Crippen LogP) is 3.78. The van der Waals surface area contributed by atoms with Crippen molar-refractivity contribution < 1.29 is 8.42 Å². The Morgan fingerprint density at radius 1 is 1.18 bits per heavy atom. The molecule has 0 amide bonds. The lowest BCUT2D eigenvalue weighted by Crippen LogP contribution is -2.44. The van der Waals surface area contributed by atoms with Gasteiger partial charge < -0.3 is 10.6 Å². The van der Waals surface area contributed by atoms with Gasteiger partial charge in [0.05, 0.1) is 6.54 Å². The summed E-state index contributed by atoms with van der Waals surface area (Å²) in [7, 11) is -1.56. The molecule has 160 valence electrons. The molecular weight excluding hydrogens is 507 g/mol. The molecular formula is C19H33IN4O2S2. The Morgan fingerprint density at radius 3 is 2.50 bits per heavy atom. The Kier molecular flexibility index (Phi) is 9.49. The Hall–Kier alpha value is -0.390. The third-order valence-corrected chi connectivity index (χ3v) is 9.01. The molecule has 1 aliphatic heterocycles. The van der Waals surface area contributed by atoms with Crippen molar-refractivity contribution >= 4 is 51.3 Å². The van der Waals surface area contributed by atoms with Gasteiger partial charge in [-0.1, -0.05) is 13.3 Å². The van der Waals surface area contributed by atoms with Gasteiger partial charge in [0.25, 0.3) is 10.0 Å². The van der Waals surface area contributed by atoms with Crippen LogP contribution in [0.15, 0.2) is 21.3 Å². The van der Waals surface area contributed by atoms with Crippen LogP contribution in [0.4, 0.5) is 0 Å². The first kappa shape index (κ1) is 23.9. The van der Waals surface area contributed by atoms with E-state index < -0.39 is 10.0 Å². The minimum Gasteiger partial charge on any atom is -0.354 e. The normalized spacial score (nSPS) is 24.4. The average molecular weight is 541 g/mol. The van der Waals surface area contributed by atoms with E-state index in [-0.39, 0.29) is 24.0 Å². The van der Waals surface area contributed by atoms with Gasteiger partial charge in [0.15, 0.2) is 5.96 Å². The number of nitrogens with one attached hydrogen (secondary N) is 2. The molecule has 0 unspecified atom stereocenters. The van der Waals surface area contributed by atoms with Gasteiger partial charge in [0.1, 0.15) is 4.21 Å². The van der Waals surface area contributed by atoms with E-state index >= 15 is 0 Å². The van der Waals surface area contributed by atoms with Gasteiger partial charge in [-0.15, -0.1) is 35.3 Å². The summed E-state index contributed by atoms with van der Waals surface area (Å²) < 4.78 is 27.6. The SMILES string of the molecule is CN=C(NCc1ccc(S(=O)(=O)N2CCCCC2)s1)NC1CCC(C)CC1.I. The van der Waals surface area contributed by atoms with Crippen LogP contribution < -0.4 is 10.6 Å².